The number of ketones is 1. The first-order valence-corrected chi connectivity index (χ1v) is 11.7. The number of hydrogen-bond acceptors (Lipinski definition) is 4. The molecule has 1 heterocycles. The van der Waals surface area contributed by atoms with E-state index in [9.17, 15) is 14.7 Å². The van der Waals surface area contributed by atoms with Crippen molar-refractivity contribution >= 4 is 11.8 Å². The van der Waals surface area contributed by atoms with Crippen molar-refractivity contribution in [2.45, 2.75) is 77.9 Å². The standard InChI is InChI=1S/C26H34O4/c1-15-7-12-21(30-24(15)29)23(28)20-11-10-18-17-9-8-16-5-4-6-22(27)26(16,3)19(17)13-14-25(18,20)2/h4,6-8,17-21,23,28H,5,9-14H2,1-3H3. The summed E-state index contributed by atoms with van der Waals surface area (Å²) in [6.07, 6.45) is 13.8. The third-order valence-electron chi connectivity index (χ3n) is 9.70. The summed E-state index contributed by atoms with van der Waals surface area (Å²) < 4.78 is 5.59. The van der Waals surface area contributed by atoms with Crippen LogP contribution in [0.2, 0.25) is 0 Å². The van der Waals surface area contributed by atoms with Crippen molar-refractivity contribution in [2.75, 3.05) is 0 Å². The van der Waals surface area contributed by atoms with Crippen LogP contribution < -0.4 is 0 Å². The molecular formula is C26H34O4. The maximum absolute atomic E-state index is 13.0. The van der Waals surface area contributed by atoms with Crippen LogP contribution in [0, 0.1) is 34.5 Å². The van der Waals surface area contributed by atoms with Crippen LogP contribution >= 0.6 is 0 Å². The van der Waals surface area contributed by atoms with E-state index >= 15 is 0 Å². The number of rotatable bonds is 2. The number of carbonyl (C=O) groups excluding carboxylic acids is 2. The van der Waals surface area contributed by atoms with Gasteiger partial charge in [-0.05, 0) is 87.5 Å². The first-order chi connectivity index (χ1) is 14.3. The largest absolute Gasteiger partial charge is 0.456 e. The molecule has 0 spiro atoms. The topological polar surface area (TPSA) is 63.6 Å². The van der Waals surface area contributed by atoms with Crippen LogP contribution in [-0.2, 0) is 14.3 Å². The minimum absolute atomic E-state index is 0.0401. The fourth-order valence-electron chi connectivity index (χ4n) is 7.89. The predicted octanol–water partition coefficient (Wildman–Crippen LogP) is 4.53. The van der Waals surface area contributed by atoms with Gasteiger partial charge >= 0.3 is 5.97 Å². The van der Waals surface area contributed by atoms with Crippen molar-refractivity contribution < 1.29 is 19.4 Å². The summed E-state index contributed by atoms with van der Waals surface area (Å²) in [7, 11) is 0. The number of esters is 1. The predicted molar refractivity (Wildman–Crippen MR) is 114 cm³/mol. The summed E-state index contributed by atoms with van der Waals surface area (Å²) >= 11 is 0. The number of fused-ring (bicyclic) bond motifs is 5. The molecule has 5 aliphatic rings. The van der Waals surface area contributed by atoms with Crippen molar-refractivity contribution in [1.29, 1.82) is 0 Å². The summed E-state index contributed by atoms with van der Waals surface area (Å²) in [5, 5.41) is 11.3. The van der Waals surface area contributed by atoms with E-state index < -0.39 is 12.2 Å². The first kappa shape index (κ1) is 20.2. The second-order valence-electron chi connectivity index (χ2n) is 10.8. The van der Waals surface area contributed by atoms with Crippen LogP contribution in [0.5, 0.6) is 0 Å². The SMILES string of the molecule is CC1=CCC(C(O)C2CCC3C4CC=C5CC=CC(=O)C5(C)C4CCC23C)OC1=O. The fourth-order valence-corrected chi connectivity index (χ4v) is 7.89. The van der Waals surface area contributed by atoms with Crippen molar-refractivity contribution in [3.05, 3.63) is 35.5 Å². The van der Waals surface area contributed by atoms with Crippen molar-refractivity contribution in [3.8, 4) is 0 Å². The van der Waals surface area contributed by atoms with E-state index in [4.69, 9.17) is 4.74 Å². The van der Waals surface area contributed by atoms with Gasteiger partial charge in [0.15, 0.2) is 5.78 Å². The molecule has 2 fully saturated rings. The maximum Gasteiger partial charge on any atom is 0.333 e. The number of allylic oxidation sites excluding steroid dienone is 4. The van der Waals surface area contributed by atoms with Gasteiger partial charge in [-0.15, -0.1) is 0 Å². The molecule has 4 aliphatic carbocycles. The maximum atomic E-state index is 13.0. The van der Waals surface area contributed by atoms with Gasteiger partial charge in [-0.1, -0.05) is 30.7 Å². The van der Waals surface area contributed by atoms with Gasteiger partial charge in [-0.25, -0.2) is 4.79 Å². The summed E-state index contributed by atoms with van der Waals surface area (Å²) in [4.78, 5) is 25.0. The van der Waals surface area contributed by atoms with Gasteiger partial charge in [-0.3, -0.25) is 4.79 Å². The van der Waals surface area contributed by atoms with E-state index in [1.807, 2.05) is 18.2 Å². The highest BCUT2D eigenvalue weighted by Crippen LogP contribution is 2.66. The molecule has 162 valence electrons. The Kier molecular flexibility index (Phi) is 4.66. The second-order valence-corrected chi connectivity index (χ2v) is 10.8. The van der Waals surface area contributed by atoms with E-state index in [2.05, 4.69) is 19.9 Å². The number of aliphatic hydroxyl groups is 1. The number of carbonyl (C=O) groups is 2. The number of aliphatic hydroxyl groups excluding tert-OH is 1. The Morgan fingerprint density at radius 2 is 1.90 bits per heavy atom. The molecule has 0 amide bonds. The average molecular weight is 411 g/mol. The second kappa shape index (κ2) is 6.91. The minimum atomic E-state index is -0.616. The van der Waals surface area contributed by atoms with Crippen LogP contribution in [0.4, 0.5) is 0 Å². The first-order valence-electron chi connectivity index (χ1n) is 11.7. The van der Waals surface area contributed by atoms with E-state index in [0.29, 0.717) is 29.7 Å². The van der Waals surface area contributed by atoms with Crippen molar-refractivity contribution in [1.82, 2.24) is 0 Å². The van der Waals surface area contributed by atoms with Crippen LogP contribution in [-0.4, -0.2) is 29.1 Å². The number of cyclic esters (lactones) is 1. The molecule has 0 bridgehead atoms. The van der Waals surface area contributed by atoms with Gasteiger partial charge in [0.05, 0.1) is 11.5 Å². The molecule has 4 nitrogen and oxygen atoms in total. The van der Waals surface area contributed by atoms with E-state index in [0.717, 1.165) is 38.5 Å². The molecule has 8 unspecified atom stereocenters. The van der Waals surface area contributed by atoms with Crippen molar-refractivity contribution in [3.63, 3.8) is 0 Å². The molecule has 0 aromatic heterocycles. The Labute approximate surface area is 179 Å². The lowest BCUT2D eigenvalue weighted by molar-refractivity contribution is -0.158. The highest BCUT2D eigenvalue weighted by Gasteiger charge is 2.61. The van der Waals surface area contributed by atoms with Crippen LogP contribution in [0.3, 0.4) is 0 Å². The smallest absolute Gasteiger partial charge is 0.333 e. The van der Waals surface area contributed by atoms with Gasteiger partial charge in [0.1, 0.15) is 6.10 Å². The average Bonchev–Trinajstić information content (AvgIpc) is 3.08. The summed E-state index contributed by atoms with van der Waals surface area (Å²) in [6, 6.07) is 0. The molecule has 1 aliphatic heterocycles. The highest BCUT2D eigenvalue weighted by molar-refractivity contribution is 5.98. The van der Waals surface area contributed by atoms with E-state index in [-0.39, 0.29) is 28.5 Å². The zero-order valence-corrected chi connectivity index (χ0v) is 18.4. The highest BCUT2D eigenvalue weighted by atomic mass is 16.6. The molecule has 2 saturated carbocycles. The van der Waals surface area contributed by atoms with Gasteiger partial charge in [-0.2, -0.15) is 0 Å². The lowest BCUT2D eigenvalue weighted by Gasteiger charge is -2.56. The fraction of sp³-hybridized carbons (Fsp3) is 0.692. The molecule has 0 aromatic carbocycles. The Balaban J connectivity index is 1.40. The van der Waals surface area contributed by atoms with Gasteiger partial charge < -0.3 is 9.84 Å². The third kappa shape index (κ3) is 2.68. The summed E-state index contributed by atoms with van der Waals surface area (Å²) in [5.41, 5.74) is 1.67. The lowest BCUT2D eigenvalue weighted by atomic mass is 9.47. The quantitative estimate of drug-likeness (QED) is 0.536. The van der Waals surface area contributed by atoms with Gasteiger partial charge in [0.2, 0.25) is 0 Å². The zero-order chi connectivity index (χ0) is 21.3. The van der Waals surface area contributed by atoms with E-state index in [1.165, 1.54) is 5.57 Å². The molecular weight excluding hydrogens is 376 g/mol. The Morgan fingerprint density at radius 3 is 2.67 bits per heavy atom. The molecule has 0 radical (unpaired) electrons. The Hall–Kier alpha value is -1.68. The third-order valence-corrected chi connectivity index (χ3v) is 9.70. The minimum Gasteiger partial charge on any atom is -0.456 e. The number of ether oxygens (including phenoxy) is 1. The monoisotopic (exact) mass is 410 g/mol. The molecule has 4 heteroatoms. The number of hydrogen-bond donors (Lipinski definition) is 1. The lowest BCUT2D eigenvalue weighted by Crippen LogP contribution is -2.53. The summed E-state index contributed by atoms with van der Waals surface area (Å²) in [6.45, 7) is 6.30. The molecule has 0 aromatic rings. The van der Waals surface area contributed by atoms with E-state index in [1.54, 1.807) is 6.92 Å². The molecule has 5 rings (SSSR count). The zero-order valence-electron chi connectivity index (χ0n) is 18.4. The molecule has 8 atom stereocenters. The van der Waals surface area contributed by atoms with Gasteiger partial charge in [0, 0.05) is 12.0 Å². The van der Waals surface area contributed by atoms with Crippen LogP contribution in [0.15, 0.2) is 35.5 Å². The Bertz CT molecular complexity index is 866. The van der Waals surface area contributed by atoms with Crippen LogP contribution in [0.25, 0.3) is 0 Å². The summed E-state index contributed by atoms with van der Waals surface area (Å²) in [5.74, 6) is 1.55. The van der Waals surface area contributed by atoms with Crippen molar-refractivity contribution in [2.24, 2.45) is 34.5 Å². The Morgan fingerprint density at radius 1 is 1.10 bits per heavy atom. The van der Waals surface area contributed by atoms with Crippen LogP contribution in [0.1, 0.15) is 65.7 Å². The van der Waals surface area contributed by atoms with Gasteiger partial charge in [0.25, 0.3) is 0 Å². The molecule has 0 saturated heterocycles. The molecule has 30 heavy (non-hydrogen) atoms. The normalized spacial score (nSPS) is 46.2. The molecule has 1 N–H and O–H groups in total.